The van der Waals surface area contributed by atoms with Gasteiger partial charge in [0, 0.05) is 57.1 Å². The molecular weight excluding hydrogens is 402 g/mol. The van der Waals surface area contributed by atoms with Crippen molar-refractivity contribution >= 4 is 11.6 Å². The topological polar surface area (TPSA) is 61.4 Å². The zero-order chi connectivity index (χ0) is 22.8. The molecule has 0 amide bonds. The molecule has 2 aliphatic rings. The summed E-state index contributed by atoms with van der Waals surface area (Å²) < 4.78 is 10.9. The monoisotopic (exact) mass is 445 g/mol. The minimum absolute atomic E-state index is 0.476. The van der Waals surface area contributed by atoms with Gasteiger partial charge in [-0.2, -0.15) is 0 Å². The summed E-state index contributed by atoms with van der Waals surface area (Å²) in [5.41, 5.74) is 1.24. The Labute approximate surface area is 194 Å². The summed E-state index contributed by atoms with van der Waals surface area (Å²) >= 11 is 0. The highest BCUT2D eigenvalue weighted by molar-refractivity contribution is 5.79. The minimum Gasteiger partial charge on any atom is -0.497 e. The predicted octanol–water partition coefficient (Wildman–Crippen LogP) is 2.82. The third kappa shape index (κ3) is 7.55. The van der Waals surface area contributed by atoms with Crippen molar-refractivity contribution in [3.05, 3.63) is 24.3 Å². The number of nitrogens with one attached hydrogen (secondary N) is 2. The van der Waals surface area contributed by atoms with Crippen molar-refractivity contribution in [2.24, 2.45) is 16.8 Å². The van der Waals surface area contributed by atoms with E-state index in [9.17, 15) is 0 Å². The molecule has 180 valence electrons. The van der Waals surface area contributed by atoms with Crippen LogP contribution in [0.2, 0.25) is 0 Å². The summed E-state index contributed by atoms with van der Waals surface area (Å²) in [6.45, 7) is 15.2. The largest absolute Gasteiger partial charge is 0.497 e. The number of benzene rings is 1. The van der Waals surface area contributed by atoms with E-state index in [1.54, 1.807) is 7.11 Å². The number of methoxy groups -OCH3 is 1. The molecule has 2 N–H and O–H groups in total. The Morgan fingerprint density at radius 2 is 2.03 bits per heavy atom. The Morgan fingerprint density at radius 3 is 2.75 bits per heavy atom. The molecule has 2 unspecified atom stereocenters. The fraction of sp³-hybridized carbons (Fsp3) is 0.720. The van der Waals surface area contributed by atoms with Crippen molar-refractivity contribution in [2.75, 3.05) is 71.0 Å². The molecule has 0 radical (unpaired) electrons. The fourth-order valence-corrected chi connectivity index (χ4v) is 4.65. The number of hydrogen-bond acceptors (Lipinski definition) is 5. The average molecular weight is 446 g/mol. The summed E-state index contributed by atoms with van der Waals surface area (Å²) in [4.78, 5) is 9.99. The van der Waals surface area contributed by atoms with Crippen molar-refractivity contribution in [2.45, 2.75) is 39.7 Å². The highest BCUT2D eigenvalue weighted by atomic mass is 16.5. The standard InChI is InChI=1S/C25H43N5O2/c1-5-26-25(28-18-23(15-20(2)3)29-11-13-32-14-12-29)27-17-21-9-10-30(19-21)22-7-6-8-24(16-22)31-4/h6-8,16,20-21,23H,5,9-15,17-19H2,1-4H3,(H2,26,27,28). The van der Waals surface area contributed by atoms with Crippen LogP contribution in [0, 0.1) is 11.8 Å². The van der Waals surface area contributed by atoms with Crippen molar-refractivity contribution in [1.29, 1.82) is 0 Å². The summed E-state index contributed by atoms with van der Waals surface area (Å²) in [5, 5.41) is 7.05. The molecule has 2 atom stereocenters. The normalized spacial score (nSPS) is 21.1. The number of ether oxygens (including phenoxy) is 2. The highest BCUT2D eigenvalue weighted by Crippen LogP contribution is 2.26. The van der Waals surface area contributed by atoms with Gasteiger partial charge in [0.25, 0.3) is 0 Å². The first-order chi connectivity index (χ1) is 15.6. The van der Waals surface area contributed by atoms with Crippen molar-refractivity contribution < 1.29 is 9.47 Å². The smallest absolute Gasteiger partial charge is 0.191 e. The Bertz CT molecular complexity index is 705. The lowest BCUT2D eigenvalue weighted by atomic mass is 10.0. The van der Waals surface area contributed by atoms with Gasteiger partial charge in [-0.1, -0.05) is 19.9 Å². The maximum Gasteiger partial charge on any atom is 0.191 e. The van der Waals surface area contributed by atoms with Gasteiger partial charge in [0.15, 0.2) is 5.96 Å². The molecular formula is C25H43N5O2. The van der Waals surface area contributed by atoms with Crippen LogP contribution in [0.25, 0.3) is 0 Å². The molecule has 2 fully saturated rings. The number of rotatable bonds is 10. The lowest BCUT2D eigenvalue weighted by molar-refractivity contribution is 0.0143. The Balaban J connectivity index is 1.53. The van der Waals surface area contributed by atoms with E-state index in [1.165, 1.54) is 18.5 Å². The van der Waals surface area contributed by atoms with Gasteiger partial charge in [-0.25, -0.2) is 0 Å². The van der Waals surface area contributed by atoms with Crippen LogP contribution in [0.3, 0.4) is 0 Å². The van der Waals surface area contributed by atoms with E-state index in [0.29, 0.717) is 17.9 Å². The van der Waals surface area contributed by atoms with E-state index < -0.39 is 0 Å². The lowest BCUT2D eigenvalue weighted by Gasteiger charge is -2.34. The van der Waals surface area contributed by atoms with Crippen LogP contribution in [0.1, 0.15) is 33.6 Å². The molecule has 7 nitrogen and oxygen atoms in total. The molecule has 0 bridgehead atoms. The highest BCUT2D eigenvalue weighted by Gasteiger charge is 2.24. The first-order valence-electron chi connectivity index (χ1n) is 12.3. The van der Waals surface area contributed by atoms with Gasteiger partial charge in [-0.05, 0) is 43.7 Å². The van der Waals surface area contributed by atoms with E-state index >= 15 is 0 Å². The SMILES string of the molecule is CCNC(=NCC(CC(C)C)N1CCOCC1)NCC1CCN(c2cccc(OC)c2)C1. The molecule has 0 aromatic heterocycles. The van der Waals surface area contributed by atoms with Crippen LogP contribution in [-0.4, -0.2) is 83.0 Å². The lowest BCUT2D eigenvalue weighted by Crippen LogP contribution is -2.46. The van der Waals surface area contributed by atoms with E-state index in [0.717, 1.165) is 70.7 Å². The molecule has 2 heterocycles. The predicted molar refractivity (Wildman–Crippen MR) is 133 cm³/mol. The second-order valence-corrected chi connectivity index (χ2v) is 9.33. The van der Waals surface area contributed by atoms with Gasteiger partial charge in [0.05, 0.1) is 26.9 Å². The third-order valence-electron chi connectivity index (χ3n) is 6.37. The van der Waals surface area contributed by atoms with E-state index in [1.807, 2.05) is 6.07 Å². The second-order valence-electron chi connectivity index (χ2n) is 9.33. The molecule has 0 saturated carbocycles. The fourth-order valence-electron chi connectivity index (χ4n) is 4.65. The van der Waals surface area contributed by atoms with Crippen LogP contribution in [-0.2, 0) is 4.74 Å². The van der Waals surface area contributed by atoms with Gasteiger partial charge in [0.2, 0.25) is 0 Å². The summed E-state index contributed by atoms with van der Waals surface area (Å²) in [6.07, 6.45) is 2.36. The minimum atomic E-state index is 0.476. The van der Waals surface area contributed by atoms with Gasteiger partial charge in [-0.15, -0.1) is 0 Å². The number of hydrogen-bond donors (Lipinski definition) is 2. The van der Waals surface area contributed by atoms with Crippen molar-refractivity contribution in [3.8, 4) is 5.75 Å². The van der Waals surface area contributed by atoms with Crippen molar-refractivity contribution in [3.63, 3.8) is 0 Å². The molecule has 32 heavy (non-hydrogen) atoms. The zero-order valence-corrected chi connectivity index (χ0v) is 20.5. The summed E-state index contributed by atoms with van der Waals surface area (Å²) in [5.74, 6) is 3.13. The number of aliphatic imine (C=N–C) groups is 1. The summed E-state index contributed by atoms with van der Waals surface area (Å²) in [7, 11) is 1.72. The zero-order valence-electron chi connectivity index (χ0n) is 20.5. The maximum atomic E-state index is 5.55. The molecule has 0 spiro atoms. The van der Waals surface area contributed by atoms with E-state index in [-0.39, 0.29) is 0 Å². The average Bonchev–Trinajstić information content (AvgIpc) is 3.29. The number of guanidine groups is 1. The third-order valence-corrected chi connectivity index (χ3v) is 6.37. The summed E-state index contributed by atoms with van der Waals surface area (Å²) in [6, 6.07) is 8.84. The van der Waals surface area contributed by atoms with Gasteiger partial charge >= 0.3 is 0 Å². The van der Waals surface area contributed by atoms with Crippen LogP contribution < -0.4 is 20.3 Å². The molecule has 3 rings (SSSR count). The molecule has 0 aliphatic carbocycles. The van der Waals surface area contributed by atoms with Crippen LogP contribution in [0.4, 0.5) is 5.69 Å². The molecule has 2 saturated heterocycles. The van der Waals surface area contributed by atoms with Crippen LogP contribution >= 0.6 is 0 Å². The molecule has 2 aliphatic heterocycles. The first-order valence-corrected chi connectivity index (χ1v) is 12.3. The maximum absolute atomic E-state index is 5.55. The number of anilines is 1. The molecule has 1 aromatic carbocycles. The Morgan fingerprint density at radius 1 is 1.22 bits per heavy atom. The van der Waals surface area contributed by atoms with Gasteiger partial charge < -0.3 is 25.0 Å². The molecule has 7 heteroatoms. The number of nitrogens with zero attached hydrogens (tertiary/aromatic N) is 3. The van der Waals surface area contributed by atoms with E-state index in [4.69, 9.17) is 14.5 Å². The van der Waals surface area contributed by atoms with Crippen LogP contribution in [0.15, 0.2) is 29.3 Å². The Hall–Kier alpha value is -1.99. The Kier molecular flexibility index (Phi) is 9.93. The van der Waals surface area contributed by atoms with Crippen molar-refractivity contribution in [1.82, 2.24) is 15.5 Å². The quantitative estimate of drug-likeness (QED) is 0.427. The van der Waals surface area contributed by atoms with Crippen LogP contribution in [0.5, 0.6) is 5.75 Å². The number of morpholine rings is 1. The van der Waals surface area contributed by atoms with Gasteiger partial charge in [0.1, 0.15) is 5.75 Å². The van der Waals surface area contributed by atoms with Gasteiger partial charge in [-0.3, -0.25) is 9.89 Å². The second kappa shape index (κ2) is 12.9. The molecule has 1 aromatic rings. The van der Waals surface area contributed by atoms with E-state index in [2.05, 4.69) is 59.4 Å². The first kappa shape index (κ1) is 24.6.